The van der Waals surface area contributed by atoms with Gasteiger partial charge in [-0.05, 0) is 25.7 Å². The van der Waals surface area contributed by atoms with Crippen LogP contribution in [0.5, 0.6) is 0 Å². The van der Waals surface area contributed by atoms with E-state index < -0.39 is 53.2 Å². The van der Waals surface area contributed by atoms with Gasteiger partial charge in [0.1, 0.15) is 18.3 Å². The summed E-state index contributed by atoms with van der Waals surface area (Å²) in [6.07, 6.45) is 6.07. The maximum atomic E-state index is 11.4. The molecule has 1 unspecified atom stereocenters. The maximum absolute atomic E-state index is 11.4. The smallest absolute Gasteiger partial charge is 0.237 e. The molecule has 1 N–H and O–H groups in total. The number of aliphatic hydroxyl groups is 1. The van der Waals surface area contributed by atoms with E-state index in [2.05, 4.69) is 0 Å². The SMILES string of the molecule is O=[N+]([O-])C[C@]1(O)[C@@H](C2COC3(CCCCC3)O2)O[C@@H]2OC3(CCCCC3)O[C@@H]21. The lowest BCUT2D eigenvalue weighted by molar-refractivity contribution is -0.507. The quantitative estimate of drug-likeness (QED) is 0.566. The van der Waals surface area contributed by atoms with E-state index >= 15 is 0 Å². The van der Waals surface area contributed by atoms with Gasteiger partial charge in [0.25, 0.3) is 0 Å². The van der Waals surface area contributed by atoms with Crippen LogP contribution in [0.25, 0.3) is 0 Å². The maximum Gasteiger partial charge on any atom is 0.237 e. The van der Waals surface area contributed by atoms with Crippen LogP contribution in [-0.2, 0) is 23.7 Å². The first-order chi connectivity index (χ1) is 13.4. The summed E-state index contributed by atoms with van der Waals surface area (Å²) in [5.74, 6) is -1.44. The first-order valence-corrected chi connectivity index (χ1v) is 10.6. The Balaban J connectivity index is 1.36. The van der Waals surface area contributed by atoms with Crippen LogP contribution in [0.4, 0.5) is 0 Å². The van der Waals surface area contributed by atoms with Gasteiger partial charge in [0.05, 0.1) is 6.61 Å². The molecular formula is C19H29NO8. The van der Waals surface area contributed by atoms with Crippen LogP contribution in [0.3, 0.4) is 0 Å². The average Bonchev–Trinajstić information content (AvgIpc) is 3.29. The molecule has 0 bridgehead atoms. The number of fused-ring (bicyclic) bond motifs is 1. The van der Waals surface area contributed by atoms with E-state index in [4.69, 9.17) is 23.7 Å². The minimum Gasteiger partial charge on any atom is -0.378 e. The Labute approximate surface area is 163 Å². The van der Waals surface area contributed by atoms with Crippen molar-refractivity contribution < 1.29 is 33.7 Å². The molecule has 5 aliphatic rings. The Kier molecular flexibility index (Phi) is 4.68. The number of hydrogen-bond acceptors (Lipinski definition) is 8. The molecule has 2 aliphatic carbocycles. The van der Waals surface area contributed by atoms with Gasteiger partial charge in [0.2, 0.25) is 6.54 Å². The van der Waals surface area contributed by atoms with Crippen molar-refractivity contribution in [3.63, 3.8) is 0 Å². The molecule has 0 aromatic rings. The number of ether oxygens (including phenoxy) is 5. The van der Waals surface area contributed by atoms with Crippen molar-refractivity contribution in [2.75, 3.05) is 13.2 Å². The first kappa shape index (κ1) is 19.1. The second-order valence-electron chi connectivity index (χ2n) is 8.97. The lowest BCUT2D eigenvalue weighted by atomic mass is 9.88. The van der Waals surface area contributed by atoms with Crippen LogP contribution in [0, 0.1) is 10.1 Å². The van der Waals surface area contributed by atoms with E-state index in [0.717, 1.165) is 51.4 Å². The largest absolute Gasteiger partial charge is 0.378 e. The summed E-state index contributed by atoms with van der Waals surface area (Å²) in [5, 5.41) is 22.8. The highest BCUT2D eigenvalue weighted by Crippen LogP contribution is 2.51. The fourth-order valence-corrected chi connectivity index (χ4v) is 5.65. The third-order valence-electron chi connectivity index (χ3n) is 7.01. The topological polar surface area (TPSA) is 110 Å². The predicted molar refractivity (Wildman–Crippen MR) is 93.9 cm³/mol. The van der Waals surface area contributed by atoms with E-state index in [-0.39, 0.29) is 6.61 Å². The number of nitrogens with zero attached hydrogens (tertiary/aromatic N) is 1. The summed E-state index contributed by atoms with van der Waals surface area (Å²) in [5.41, 5.74) is -1.82. The molecule has 5 rings (SSSR count). The minimum atomic E-state index is -1.82. The predicted octanol–water partition coefficient (Wildman–Crippen LogP) is 1.87. The van der Waals surface area contributed by atoms with Crippen molar-refractivity contribution in [1.29, 1.82) is 0 Å². The Bertz CT molecular complexity index is 617. The Morgan fingerprint density at radius 1 is 0.893 bits per heavy atom. The number of rotatable bonds is 3. The molecule has 0 radical (unpaired) electrons. The molecule has 9 nitrogen and oxygen atoms in total. The van der Waals surface area contributed by atoms with Gasteiger partial charge in [-0.1, -0.05) is 12.8 Å². The molecule has 2 saturated carbocycles. The first-order valence-electron chi connectivity index (χ1n) is 10.6. The number of hydrogen-bond donors (Lipinski definition) is 1. The molecule has 3 aliphatic heterocycles. The second-order valence-corrected chi connectivity index (χ2v) is 8.97. The van der Waals surface area contributed by atoms with Gasteiger partial charge in [-0.15, -0.1) is 0 Å². The van der Waals surface area contributed by atoms with E-state index in [1.54, 1.807) is 0 Å². The van der Waals surface area contributed by atoms with Crippen LogP contribution >= 0.6 is 0 Å². The van der Waals surface area contributed by atoms with Gasteiger partial charge >= 0.3 is 0 Å². The zero-order chi connectivity index (χ0) is 19.4. The van der Waals surface area contributed by atoms with Crippen LogP contribution in [-0.4, -0.2) is 65.0 Å². The highest BCUT2D eigenvalue weighted by Gasteiger charge is 2.69. The molecule has 3 heterocycles. The van der Waals surface area contributed by atoms with Gasteiger partial charge in [-0.25, -0.2) is 0 Å². The molecule has 5 atom stereocenters. The van der Waals surface area contributed by atoms with Crippen LogP contribution in [0.15, 0.2) is 0 Å². The van der Waals surface area contributed by atoms with Gasteiger partial charge in [-0.2, -0.15) is 0 Å². The lowest BCUT2D eigenvalue weighted by Crippen LogP contribution is -2.58. The molecule has 9 heteroatoms. The zero-order valence-corrected chi connectivity index (χ0v) is 16.0. The molecule has 5 fully saturated rings. The molecule has 28 heavy (non-hydrogen) atoms. The zero-order valence-electron chi connectivity index (χ0n) is 16.0. The van der Waals surface area contributed by atoms with Crippen molar-refractivity contribution in [2.45, 2.75) is 106 Å². The minimum absolute atomic E-state index is 0.245. The van der Waals surface area contributed by atoms with Crippen LogP contribution in [0.2, 0.25) is 0 Å². The van der Waals surface area contributed by atoms with Crippen molar-refractivity contribution in [2.24, 2.45) is 0 Å². The second kappa shape index (κ2) is 6.85. The van der Waals surface area contributed by atoms with Gasteiger partial charge in [0.15, 0.2) is 23.5 Å². The van der Waals surface area contributed by atoms with Crippen molar-refractivity contribution >= 4 is 0 Å². The molecule has 2 spiro atoms. The number of nitro groups is 1. The average molecular weight is 399 g/mol. The van der Waals surface area contributed by atoms with Gasteiger partial charge in [0, 0.05) is 30.6 Å². The fourth-order valence-electron chi connectivity index (χ4n) is 5.65. The summed E-state index contributed by atoms with van der Waals surface area (Å²) in [4.78, 5) is 10.9. The van der Waals surface area contributed by atoms with E-state index in [1.165, 1.54) is 0 Å². The van der Waals surface area contributed by atoms with Gasteiger partial charge < -0.3 is 28.8 Å². The molecule has 0 aromatic heterocycles. The van der Waals surface area contributed by atoms with Crippen molar-refractivity contribution in [3.05, 3.63) is 10.1 Å². The molecule has 0 aromatic carbocycles. The summed E-state index contributed by atoms with van der Waals surface area (Å²) < 4.78 is 30.5. The normalized spacial score (nSPS) is 44.2. The highest BCUT2D eigenvalue weighted by molar-refractivity contribution is 5.09. The lowest BCUT2D eigenvalue weighted by Gasteiger charge is -2.37. The fraction of sp³-hybridized carbons (Fsp3) is 1.00. The summed E-state index contributed by atoms with van der Waals surface area (Å²) in [6, 6.07) is 0. The Hall–Kier alpha value is -0.840. The molecule has 158 valence electrons. The van der Waals surface area contributed by atoms with Crippen molar-refractivity contribution in [3.8, 4) is 0 Å². The molecular weight excluding hydrogens is 370 g/mol. The summed E-state index contributed by atoms with van der Waals surface area (Å²) in [6.45, 7) is -0.430. The summed E-state index contributed by atoms with van der Waals surface area (Å²) >= 11 is 0. The Morgan fingerprint density at radius 2 is 1.54 bits per heavy atom. The molecule has 0 amide bonds. The van der Waals surface area contributed by atoms with E-state index in [0.29, 0.717) is 12.8 Å². The molecule has 3 saturated heterocycles. The monoisotopic (exact) mass is 399 g/mol. The third-order valence-corrected chi connectivity index (χ3v) is 7.01. The van der Waals surface area contributed by atoms with Crippen LogP contribution in [0.1, 0.15) is 64.2 Å². The van der Waals surface area contributed by atoms with E-state index in [1.807, 2.05) is 0 Å². The highest BCUT2D eigenvalue weighted by atomic mass is 16.8. The van der Waals surface area contributed by atoms with Crippen LogP contribution < -0.4 is 0 Å². The van der Waals surface area contributed by atoms with Crippen molar-refractivity contribution in [1.82, 2.24) is 0 Å². The van der Waals surface area contributed by atoms with Gasteiger partial charge in [-0.3, -0.25) is 10.1 Å². The van der Waals surface area contributed by atoms with E-state index in [9.17, 15) is 15.2 Å². The summed E-state index contributed by atoms with van der Waals surface area (Å²) in [7, 11) is 0. The standard InChI is InChI=1S/C19H29NO8/c21-19(12-20(22)23)14(13-11-24-17(26-13)7-3-1-4-8-17)25-16-15(19)27-18(28-16)9-5-2-6-10-18/h13-16,21H,1-12H2/t13?,14-,15+,16-,19+/m1/s1. The third kappa shape index (κ3) is 3.07. The Morgan fingerprint density at radius 3 is 2.18 bits per heavy atom.